The van der Waals surface area contributed by atoms with Gasteiger partial charge in [-0.3, -0.25) is 0 Å². The van der Waals surface area contributed by atoms with Gasteiger partial charge in [-0.25, -0.2) is 0 Å². The maximum atomic E-state index is 6.90. The van der Waals surface area contributed by atoms with Crippen LogP contribution in [0.1, 0.15) is 49.9 Å². The van der Waals surface area contributed by atoms with Crippen molar-refractivity contribution in [3.05, 3.63) is 186 Å². The summed E-state index contributed by atoms with van der Waals surface area (Å²) >= 11 is 0. The number of anilines is 3. The first-order valence-electron chi connectivity index (χ1n) is 19.9. The molecule has 0 saturated heterocycles. The third kappa shape index (κ3) is 4.43. The molecule has 0 bridgehead atoms. The summed E-state index contributed by atoms with van der Waals surface area (Å²) in [4.78, 5) is 2.44. The van der Waals surface area contributed by atoms with Crippen molar-refractivity contribution < 1.29 is 8.83 Å². The summed E-state index contributed by atoms with van der Waals surface area (Å²) in [6.07, 6.45) is 0. The number of fused-ring (bicyclic) bond motifs is 12. The predicted octanol–water partition coefficient (Wildman–Crippen LogP) is 15.2. The van der Waals surface area contributed by atoms with E-state index in [0.29, 0.717) is 0 Å². The molecule has 0 fully saturated rings. The van der Waals surface area contributed by atoms with Gasteiger partial charge in [-0.15, -0.1) is 0 Å². The number of para-hydroxylation sites is 1. The number of hydrogen-bond donors (Lipinski definition) is 0. The summed E-state index contributed by atoms with van der Waals surface area (Å²) in [5, 5.41) is 4.25. The number of nitrogens with zero attached hydrogens (tertiary/aromatic N) is 1. The van der Waals surface area contributed by atoms with Gasteiger partial charge in [0, 0.05) is 55.0 Å². The summed E-state index contributed by atoms with van der Waals surface area (Å²) in [5.41, 5.74) is 19.4. The summed E-state index contributed by atoms with van der Waals surface area (Å²) in [6, 6.07) is 59.6. The number of benzene rings is 8. The van der Waals surface area contributed by atoms with E-state index in [-0.39, 0.29) is 10.8 Å². The summed E-state index contributed by atoms with van der Waals surface area (Å²) in [5.74, 6) is 0. The van der Waals surface area contributed by atoms with Crippen LogP contribution in [-0.2, 0) is 10.8 Å². The molecule has 2 heterocycles. The lowest BCUT2D eigenvalue weighted by Crippen LogP contribution is -2.18. The molecule has 3 heteroatoms. The van der Waals surface area contributed by atoms with Crippen molar-refractivity contribution >= 4 is 60.9 Å². The van der Waals surface area contributed by atoms with Crippen molar-refractivity contribution in [3.8, 4) is 33.4 Å². The van der Waals surface area contributed by atoms with Crippen LogP contribution in [0.5, 0.6) is 0 Å². The first-order chi connectivity index (χ1) is 27.8. The van der Waals surface area contributed by atoms with Gasteiger partial charge in [0.1, 0.15) is 22.3 Å². The second kappa shape index (κ2) is 11.4. The molecule has 8 aromatic carbocycles. The molecule has 2 aliphatic rings. The van der Waals surface area contributed by atoms with Gasteiger partial charge in [-0.1, -0.05) is 137 Å². The topological polar surface area (TPSA) is 29.5 Å². The zero-order valence-electron chi connectivity index (χ0n) is 32.4. The Morgan fingerprint density at radius 3 is 1.58 bits per heavy atom. The van der Waals surface area contributed by atoms with Crippen LogP contribution in [0.2, 0.25) is 0 Å². The maximum Gasteiger partial charge on any atom is 0.144 e. The van der Waals surface area contributed by atoms with Crippen LogP contribution in [0.3, 0.4) is 0 Å². The zero-order valence-corrected chi connectivity index (χ0v) is 32.4. The maximum absolute atomic E-state index is 6.90. The van der Waals surface area contributed by atoms with E-state index in [2.05, 4.69) is 184 Å². The lowest BCUT2D eigenvalue weighted by Gasteiger charge is -2.29. The fraction of sp³-hybridized carbons (Fsp3) is 0.111. The Hall–Kier alpha value is -6.84. The highest BCUT2D eigenvalue weighted by molar-refractivity contribution is 6.23. The average molecular weight is 734 g/mol. The molecule has 0 amide bonds. The highest BCUT2D eigenvalue weighted by Crippen LogP contribution is 2.54. The lowest BCUT2D eigenvalue weighted by molar-refractivity contribution is 0.660. The van der Waals surface area contributed by atoms with Crippen molar-refractivity contribution in [2.24, 2.45) is 0 Å². The average Bonchev–Trinajstić information content (AvgIpc) is 3.93. The third-order valence-corrected chi connectivity index (χ3v) is 13.1. The van der Waals surface area contributed by atoms with Crippen LogP contribution in [-0.4, -0.2) is 0 Å². The molecule has 0 N–H and O–H groups in total. The van der Waals surface area contributed by atoms with Gasteiger partial charge in [-0.2, -0.15) is 0 Å². The van der Waals surface area contributed by atoms with Gasteiger partial charge in [0.2, 0.25) is 0 Å². The van der Waals surface area contributed by atoms with Gasteiger partial charge in [0.25, 0.3) is 0 Å². The van der Waals surface area contributed by atoms with Crippen molar-refractivity contribution in [1.29, 1.82) is 0 Å². The van der Waals surface area contributed by atoms with Crippen LogP contribution < -0.4 is 4.90 Å². The highest BCUT2D eigenvalue weighted by atomic mass is 16.3. The number of rotatable bonds is 4. The van der Waals surface area contributed by atoms with E-state index in [1.54, 1.807) is 0 Å². The molecular weight excluding hydrogens is 695 g/mol. The third-order valence-electron chi connectivity index (χ3n) is 13.1. The lowest BCUT2D eigenvalue weighted by atomic mass is 9.82. The number of hydrogen-bond acceptors (Lipinski definition) is 3. The first-order valence-corrected chi connectivity index (χ1v) is 19.9. The molecule has 57 heavy (non-hydrogen) atoms. The van der Waals surface area contributed by atoms with Crippen LogP contribution in [0, 0.1) is 0 Å². The second-order valence-electron chi connectivity index (χ2n) is 16.9. The normalized spacial score (nSPS) is 14.6. The van der Waals surface area contributed by atoms with E-state index in [1.807, 2.05) is 12.1 Å². The van der Waals surface area contributed by atoms with Gasteiger partial charge >= 0.3 is 0 Å². The summed E-state index contributed by atoms with van der Waals surface area (Å²) < 4.78 is 13.5. The Bertz CT molecular complexity index is 3200. The van der Waals surface area contributed by atoms with Crippen LogP contribution in [0.25, 0.3) is 77.3 Å². The molecule has 3 nitrogen and oxygen atoms in total. The molecule has 0 atom stereocenters. The monoisotopic (exact) mass is 733 g/mol. The van der Waals surface area contributed by atoms with Gasteiger partial charge in [0.15, 0.2) is 0 Å². The molecule has 12 rings (SSSR count). The Morgan fingerprint density at radius 2 is 0.912 bits per heavy atom. The minimum atomic E-state index is -0.133. The standard InChI is InChI=1S/C54H39NO2/c1-53(2)43-19-11-8-16-36(43)38-25-22-34(29-45(38)53)55(35-23-26-39-37-17-9-12-20-44(37)54(3,4)46(39)30-35)33-24-27-48-41(28-33)42-31-49-51(40-18-10-13-21-47(40)56-49)50(52(42)57-48)32-14-6-5-7-15-32/h5-31H,1-4H3. The predicted molar refractivity (Wildman–Crippen MR) is 236 cm³/mol. The largest absolute Gasteiger partial charge is 0.456 e. The molecule has 0 aliphatic heterocycles. The molecule has 272 valence electrons. The summed E-state index contributed by atoms with van der Waals surface area (Å²) in [6.45, 7) is 9.42. The Labute approximate surface area is 331 Å². The Morgan fingerprint density at radius 1 is 0.386 bits per heavy atom. The van der Waals surface area contributed by atoms with E-state index in [0.717, 1.165) is 72.1 Å². The quantitative estimate of drug-likeness (QED) is 0.180. The van der Waals surface area contributed by atoms with Crippen LogP contribution in [0.15, 0.2) is 173 Å². The Balaban J connectivity index is 1.11. The van der Waals surface area contributed by atoms with Crippen molar-refractivity contribution in [2.75, 3.05) is 4.90 Å². The molecule has 0 spiro atoms. The first kappa shape index (κ1) is 32.4. The molecule has 0 unspecified atom stereocenters. The van der Waals surface area contributed by atoms with E-state index >= 15 is 0 Å². The SMILES string of the molecule is CC1(C)c2ccccc2-c2ccc(N(c3ccc4c(c3)C(C)(C)c3ccccc3-4)c3ccc4oc5c(-c6ccccc6)c6c(cc5c4c3)oc3ccccc36)cc21. The van der Waals surface area contributed by atoms with E-state index < -0.39 is 0 Å². The minimum absolute atomic E-state index is 0.133. The molecule has 0 saturated carbocycles. The summed E-state index contributed by atoms with van der Waals surface area (Å²) in [7, 11) is 0. The zero-order chi connectivity index (χ0) is 38.2. The highest BCUT2D eigenvalue weighted by Gasteiger charge is 2.38. The van der Waals surface area contributed by atoms with Crippen LogP contribution >= 0.6 is 0 Å². The van der Waals surface area contributed by atoms with E-state index in [4.69, 9.17) is 8.83 Å². The van der Waals surface area contributed by atoms with Crippen LogP contribution in [0.4, 0.5) is 17.1 Å². The fourth-order valence-corrected chi connectivity index (χ4v) is 10.2. The van der Waals surface area contributed by atoms with E-state index in [1.165, 1.54) is 44.5 Å². The molecular formula is C54H39NO2. The minimum Gasteiger partial charge on any atom is -0.456 e. The van der Waals surface area contributed by atoms with Gasteiger partial charge in [-0.05, 0) is 105 Å². The van der Waals surface area contributed by atoms with Crippen molar-refractivity contribution in [1.82, 2.24) is 0 Å². The molecule has 2 aromatic heterocycles. The van der Waals surface area contributed by atoms with Crippen molar-refractivity contribution in [3.63, 3.8) is 0 Å². The molecule has 2 aliphatic carbocycles. The van der Waals surface area contributed by atoms with Crippen molar-refractivity contribution in [2.45, 2.75) is 38.5 Å². The van der Waals surface area contributed by atoms with E-state index in [9.17, 15) is 0 Å². The Kier molecular flexibility index (Phi) is 6.46. The smallest absolute Gasteiger partial charge is 0.144 e. The number of furan rings is 2. The van der Waals surface area contributed by atoms with Gasteiger partial charge < -0.3 is 13.7 Å². The van der Waals surface area contributed by atoms with Gasteiger partial charge in [0.05, 0.1) is 0 Å². The molecule has 10 aromatic rings. The molecule has 0 radical (unpaired) electrons. The fourth-order valence-electron chi connectivity index (χ4n) is 10.2. The second-order valence-corrected chi connectivity index (χ2v) is 16.9.